The van der Waals surface area contributed by atoms with Crippen molar-refractivity contribution in [2.24, 2.45) is 5.73 Å². The minimum atomic E-state index is -0.861. The molecular weight excluding hydrogens is 288 g/mol. The van der Waals surface area contributed by atoms with Gasteiger partial charge >= 0.3 is 0 Å². The topological polar surface area (TPSA) is 26.0 Å². The summed E-state index contributed by atoms with van der Waals surface area (Å²) in [7, 11) is 0. The van der Waals surface area contributed by atoms with Gasteiger partial charge in [0.1, 0.15) is 0 Å². The average molecular weight is 300 g/mol. The molecule has 0 aliphatic rings. The van der Waals surface area contributed by atoms with Crippen molar-refractivity contribution in [1.82, 2.24) is 0 Å². The molecule has 0 bridgehead atoms. The predicted octanol–water partition coefficient (Wildman–Crippen LogP) is 4.41. The van der Waals surface area contributed by atoms with E-state index in [1.165, 1.54) is 23.9 Å². The molecule has 5 heteroatoms. The van der Waals surface area contributed by atoms with Crippen LogP contribution in [-0.2, 0) is 0 Å². The molecule has 0 aliphatic heterocycles. The molecule has 2 aromatic carbocycles. The van der Waals surface area contributed by atoms with Crippen LogP contribution in [0.3, 0.4) is 0 Å². The maximum Gasteiger partial charge on any atom is 0.159 e. The van der Waals surface area contributed by atoms with Gasteiger partial charge in [-0.1, -0.05) is 29.8 Å². The second kappa shape index (κ2) is 6.37. The van der Waals surface area contributed by atoms with E-state index in [4.69, 9.17) is 17.3 Å². The Kier molecular flexibility index (Phi) is 4.80. The van der Waals surface area contributed by atoms with Crippen molar-refractivity contribution in [3.63, 3.8) is 0 Å². The monoisotopic (exact) mass is 299 g/mol. The molecular formula is C14H12ClF2NS. The molecule has 0 heterocycles. The highest BCUT2D eigenvalue weighted by Crippen LogP contribution is 2.37. The van der Waals surface area contributed by atoms with Crippen LogP contribution in [0.1, 0.15) is 10.8 Å². The van der Waals surface area contributed by atoms with E-state index in [2.05, 4.69) is 0 Å². The zero-order valence-corrected chi connectivity index (χ0v) is 11.5. The second-order valence-electron chi connectivity index (χ2n) is 3.94. The first-order valence-electron chi connectivity index (χ1n) is 5.68. The van der Waals surface area contributed by atoms with Gasteiger partial charge in [0.05, 0.1) is 0 Å². The highest BCUT2D eigenvalue weighted by molar-refractivity contribution is 7.99. The summed E-state index contributed by atoms with van der Waals surface area (Å²) < 4.78 is 26.0. The quantitative estimate of drug-likeness (QED) is 0.846. The third-order valence-corrected chi connectivity index (χ3v) is 4.24. The van der Waals surface area contributed by atoms with Gasteiger partial charge in [0, 0.05) is 21.7 Å². The molecule has 0 fully saturated rings. The first-order valence-corrected chi connectivity index (χ1v) is 6.93. The molecule has 2 aromatic rings. The van der Waals surface area contributed by atoms with E-state index in [1.807, 2.05) is 18.2 Å². The normalized spacial score (nSPS) is 12.4. The van der Waals surface area contributed by atoms with Crippen LogP contribution in [0, 0.1) is 11.6 Å². The Labute approximate surface area is 119 Å². The molecule has 0 radical (unpaired) electrons. The average Bonchev–Trinajstić information content (AvgIpc) is 2.41. The summed E-state index contributed by atoms with van der Waals surface area (Å²) in [5.41, 5.74) is 6.63. The Morgan fingerprint density at radius 2 is 1.84 bits per heavy atom. The highest BCUT2D eigenvalue weighted by Gasteiger charge is 2.15. The van der Waals surface area contributed by atoms with Crippen molar-refractivity contribution in [2.75, 3.05) is 6.54 Å². The summed E-state index contributed by atoms with van der Waals surface area (Å²) in [5, 5.41) is 0.520. The van der Waals surface area contributed by atoms with Gasteiger partial charge < -0.3 is 5.73 Å². The minimum Gasteiger partial charge on any atom is -0.329 e. The lowest BCUT2D eigenvalue weighted by Crippen LogP contribution is -2.09. The number of thioether (sulfide) groups is 1. The van der Waals surface area contributed by atoms with E-state index in [-0.39, 0.29) is 5.25 Å². The summed E-state index contributed by atoms with van der Waals surface area (Å²) in [6, 6.07) is 11.2. The van der Waals surface area contributed by atoms with Crippen molar-refractivity contribution >= 4 is 23.4 Å². The van der Waals surface area contributed by atoms with Crippen LogP contribution < -0.4 is 5.73 Å². The summed E-state index contributed by atoms with van der Waals surface area (Å²) in [4.78, 5) is 0.620. The molecule has 100 valence electrons. The number of hydrogen-bond donors (Lipinski definition) is 1. The van der Waals surface area contributed by atoms with E-state index in [0.29, 0.717) is 16.5 Å². The first-order chi connectivity index (χ1) is 9.11. The molecule has 0 aliphatic carbocycles. The predicted molar refractivity (Wildman–Crippen MR) is 75.5 cm³/mol. The standard InChI is InChI=1S/C14H12ClF2NS/c15-11-4-2-1-3-10(11)14(8-18)19-9-5-6-12(16)13(17)7-9/h1-7,14H,8,18H2. The zero-order valence-electron chi connectivity index (χ0n) is 9.95. The first kappa shape index (κ1) is 14.3. The molecule has 2 N–H and O–H groups in total. The lowest BCUT2D eigenvalue weighted by Gasteiger charge is -2.16. The molecule has 0 spiro atoms. The van der Waals surface area contributed by atoms with Crippen LogP contribution in [0.2, 0.25) is 5.02 Å². The number of halogens is 3. The van der Waals surface area contributed by atoms with Gasteiger partial charge in [-0.15, -0.1) is 11.8 Å². The summed E-state index contributed by atoms with van der Waals surface area (Å²) in [5.74, 6) is -1.72. The minimum absolute atomic E-state index is 0.0986. The van der Waals surface area contributed by atoms with Gasteiger partial charge in [-0.05, 0) is 29.8 Å². The van der Waals surface area contributed by atoms with Crippen molar-refractivity contribution in [2.45, 2.75) is 10.1 Å². The Hall–Kier alpha value is -1.10. The van der Waals surface area contributed by atoms with Crippen molar-refractivity contribution in [3.8, 4) is 0 Å². The van der Waals surface area contributed by atoms with Crippen LogP contribution in [-0.4, -0.2) is 6.54 Å². The van der Waals surface area contributed by atoms with E-state index < -0.39 is 11.6 Å². The zero-order chi connectivity index (χ0) is 13.8. The number of benzene rings is 2. The van der Waals surface area contributed by atoms with Crippen molar-refractivity contribution < 1.29 is 8.78 Å². The molecule has 0 amide bonds. The fourth-order valence-corrected chi connectivity index (χ4v) is 3.10. The van der Waals surface area contributed by atoms with E-state index in [9.17, 15) is 8.78 Å². The van der Waals surface area contributed by atoms with E-state index in [1.54, 1.807) is 6.07 Å². The van der Waals surface area contributed by atoms with E-state index >= 15 is 0 Å². The Balaban J connectivity index is 2.24. The summed E-state index contributed by atoms with van der Waals surface area (Å²) >= 11 is 7.48. The highest BCUT2D eigenvalue weighted by atomic mass is 35.5. The van der Waals surface area contributed by atoms with Crippen LogP contribution >= 0.6 is 23.4 Å². The van der Waals surface area contributed by atoms with Crippen LogP contribution in [0.15, 0.2) is 47.4 Å². The van der Waals surface area contributed by atoms with Gasteiger partial charge in [-0.25, -0.2) is 8.78 Å². The van der Waals surface area contributed by atoms with Crippen LogP contribution in [0.5, 0.6) is 0 Å². The maximum absolute atomic E-state index is 13.2. The molecule has 0 saturated heterocycles. The lowest BCUT2D eigenvalue weighted by molar-refractivity contribution is 0.506. The van der Waals surface area contributed by atoms with Crippen LogP contribution in [0.25, 0.3) is 0 Å². The fraction of sp³-hybridized carbons (Fsp3) is 0.143. The van der Waals surface area contributed by atoms with Gasteiger partial charge in [0.15, 0.2) is 11.6 Å². The molecule has 0 saturated carbocycles. The second-order valence-corrected chi connectivity index (χ2v) is 5.62. The van der Waals surface area contributed by atoms with Crippen molar-refractivity contribution in [3.05, 3.63) is 64.7 Å². The molecule has 2 rings (SSSR count). The largest absolute Gasteiger partial charge is 0.329 e. The summed E-state index contributed by atoms with van der Waals surface area (Å²) in [6.07, 6.45) is 0. The van der Waals surface area contributed by atoms with Gasteiger partial charge in [0.2, 0.25) is 0 Å². The SMILES string of the molecule is NCC(Sc1ccc(F)c(F)c1)c1ccccc1Cl. The van der Waals surface area contributed by atoms with Gasteiger partial charge in [0.25, 0.3) is 0 Å². The van der Waals surface area contributed by atoms with Gasteiger partial charge in [-0.2, -0.15) is 0 Å². The number of hydrogen-bond acceptors (Lipinski definition) is 2. The fourth-order valence-electron chi connectivity index (χ4n) is 1.69. The maximum atomic E-state index is 13.2. The summed E-state index contributed by atoms with van der Waals surface area (Å²) in [6.45, 7) is 0.355. The molecule has 1 atom stereocenters. The third-order valence-electron chi connectivity index (χ3n) is 2.64. The molecule has 0 aromatic heterocycles. The van der Waals surface area contributed by atoms with E-state index in [0.717, 1.165) is 11.6 Å². The van der Waals surface area contributed by atoms with Crippen LogP contribution in [0.4, 0.5) is 8.78 Å². The Morgan fingerprint density at radius 1 is 1.11 bits per heavy atom. The number of rotatable bonds is 4. The van der Waals surface area contributed by atoms with Gasteiger partial charge in [-0.3, -0.25) is 0 Å². The Bertz CT molecular complexity index is 577. The van der Waals surface area contributed by atoms with Crippen molar-refractivity contribution in [1.29, 1.82) is 0 Å². The molecule has 19 heavy (non-hydrogen) atoms. The lowest BCUT2D eigenvalue weighted by atomic mass is 10.1. The molecule has 1 unspecified atom stereocenters. The smallest absolute Gasteiger partial charge is 0.159 e. The molecule has 1 nitrogen and oxygen atoms in total. The Morgan fingerprint density at radius 3 is 2.47 bits per heavy atom. The third kappa shape index (κ3) is 3.47. The number of nitrogens with two attached hydrogens (primary N) is 1.